The standard InChI is InChI=1S/C32H38N8O3/c1-5-30(41)40-14-13-39(19-24(40)17-33-2)31-26-10-12-38(29-18-34-16-22-8-9-25(42-4)15-27(22)29)20-28(26)35-32(36-31)43-21-23-7-6-11-37(23)3/h5,8-9,15-16,18,23-24H,1,6-7,10-14,17,19-21H2,3-4H3/t23-,24-/m0/s1. The van der Waals surface area contributed by atoms with E-state index in [4.69, 9.17) is 26.0 Å². The molecule has 0 aliphatic carbocycles. The zero-order valence-electron chi connectivity index (χ0n) is 24.9. The molecule has 0 saturated carbocycles. The first-order valence-electron chi connectivity index (χ1n) is 14.9. The van der Waals surface area contributed by atoms with E-state index in [9.17, 15) is 4.79 Å². The van der Waals surface area contributed by atoms with Gasteiger partial charge in [0.1, 0.15) is 24.2 Å². The lowest BCUT2D eigenvalue weighted by Crippen LogP contribution is -2.56. The maximum atomic E-state index is 12.5. The third-order valence-corrected chi connectivity index (χ3v) is 8.93. The highest BCUT2D eigenvalue weighted by molar-refractivity contribution is 5.94. The van der Waals surface area contributed by atoms with Crippen LogP contribution in [-0.4, -0.2) is 103 Å². The van der Waals surface area contributed by atoms with E-state index >= 15 is 0 Å². The third kappa shape index (κ3) is 5.79. The lowest BCUT2D eigenvalue weighted by atomic mass is 10.0. The van der Waals surface area contributed by atoms with Crippen LogP contribution in [0, 0.1) is 6.57 Å². The molecular formula is C32H38N8O3. The Labute approximate surface area is 252 Å². The van der Waals surface area contributed by atoms with Crippen LogP contribution in [-0.2, 0) is 17.8 Å². The van der Waals surface area contributed by atoms with E-state index in [0.29, 0.717) is 44.8 Å². The van der Waals surface area contributed by atoms with Gasteiger partial charge >= 0.3 is 6.01 Å². The van der Waals surface area contributed by atoms with Gasteiger partial charge in [0.15, 0.2) is 0 Å². The molecule has 2 fully saturated rings. The minimum absolute atomic E-state index is 0.140. The highest BCUT2D eigenvalue weighted by Crippen LogP contribution is 2.35. The molecule has 3 aromatic rings. The molecule has 0 radical (unpaired) electrons. The molecule has 2 atom stereocenters. The Morgan fingerprint density at radius 1 is 1.16 bits per heavy atom. The summed E-state index contributed by atoms with van der Waals surface area (Å²) in [5.41, 5.74) is 3.06. The zero-order valence-corrected chi connectivity index (χ0v) is 24.9. The Hall–Kier alpha value is -4.43. The zero-order chi connectivity index (χ0) is 29.9. The Bertz CT molecular complexity index is 1560. The summed E-state index contributed by atoms with van der Waals surface area (Å²) in [5.74, 6) is 1.51. The van der Waals surface area contributed by atoms with Crippen molar-refractivity contribution < 1.29 is 14.3 Å². The Kier molecular flexibility index (Phi) is 8.29. The summed E-state index contributed by atoms with van der Waals surface area (Å²) in [6, 6.07) is 6.52. The van der Waals surface area contributed by atoms with Gasteiger partial charge in [-0.15, -0.1) is 0 Å². The first kappa shape index (κ1) is 28.7. The van der Waals surface area contributed by atoms with Gasteiger partial charge in [-0.1, -0.05) is 6.58 Å². The minimum Gasteiger partial charge on any atom is -0.497 e. The van der Waals surface area contributed by atoms with Crippen LogP contribution < -0.4 is 19.3 Å². The van der Waals surface area contributed by atoms with Crippen LogP contribution in [0.4, 0.5) is 11.5 Å². The van der Waals surface area contributed by atoms with Crippen LogP contribution in [0.5, 0.6) is 11.8 Å². The number of ether oxygens (including phenoxy) is 2. The molecule has 0 spiro atoms. The fourth-order valence-corrected chi connectivity index (χ4v) is 6.50. The SMILES string of the molecule is [C-]#[N+]C[C@H]1CN(c2nc(OC[C@@H]3CCCN3C)nc3c2CCN(c2cncc4ccc(OC)cc24)C3)CCN1C(=O)C=C. The second-order valence-electron chi connectivity index (χ2n) is 11.4. The Balaban J connectivity index is 1.34. The van der Waals surface area contributed by atoms with Crippen LogP contribution in [0.1, 0.15) is 24.1 Å². The van der Waals surface area contributed by atoms with Gasteiger partial charge in [0.05, 0.1) is 31.2 Å². The lowest BCUT2D eigenvalue weighted by Gasteiger charge is -2.41. The molecule has 3 aliphatic rings. The molecule has 3 aliphatic heterocycles. The summed E-state index contributed by atoms with van der Waals surface area (Å²) >= 11 is 0. The molecule has 11 nitrogen and oxygen atoms in total. The van der Waals surface area contributed by atoms with Crippen LogP contribution >= 0.6 is 0 Å². The summed E-state index contributed by atoms with van der Waals surface area (Å²) < 4.78 is 11.8. The fourth-order valence-electron chi connectivity index (χ4n) is 6.50. The summed E-state index contributed by atoms with van der Waals surface area (Å²) in [6.45, 7) is 16.0. The molecule has 43 heavy (non-hydrogen) atoms. The van der Waals surface area contributed by atoms with Crippen molar-refractivity contribution >= 4 is 28.2 Å². The normalized spacial score (nSPS) is 20.5. The first-order chi connectivity index (χ1) is 21.0. The largest absolute Gasteiger partial charge is 0.497 e. The van der Waals surface area contributed by atoms with E-state index < -0.39 is 0 Å². The molecule has 5 heterocycles. The van der Waals surface area contributed by atoms with Crippen LogP contribution in [0.2, 0.25) is 0 Å². The van der Waals surface area contributed by atoms with Crippen molar-refractivity contribution in [3.05, 3.63) is 65.9 Å². The number of hydrogen-bond acceptors (Lipinski definition) is 9. The first-order valence-corrected chi connectivity index (χ1v) is 14.9. The number of likely N-dealkylation sites (tertiary alicyclic amines) is 1. The van der Waals surface area contributed by atoms with Gasteiger partial charge in [-0.2, -0.15) is 9.97 Å². The van der Waals surface area contributed by atoms with E-state index in [0.717, 1.165) is 71.6 Å². The topological polar surface area (TPSA) is 91.5 Å². The van der Waals surface area contributed by atoms with Gasteiger partial charge in [-0.25, -0.2) is 6.57 Å². The van der Waals surface area contributed by atoms with E-state index in [1.807, 2.05) is 24.5 Å². The average Bonchev–Trinajstić information content (AvgIpc) is 3.46. The lowest BCUT2D eigenvalue weighted by molar-refractivity contribution is -0.128. The van der Waals surface area contributed by atoms with Crippen molar-refractivity contribution in [2.45, 2.75) is 37.9 Å². The second kappa shape index (κ2) is 12.4. The van der Waals surface area contributed by atoms with Gasteiger partial charge in [0.2, 0.25) is 12.5 Å². The summed E-state index contributed by atoms with van der Waals surface area (Å²) in [6.07, 6.45) is 8.12. The number of hydrogen-bond donors (Lipinski definition) is 0. The predicted molar refractivity (Wildman–Crippen MR) is 166 cm³/mol. The third-order valence-electron chi connectivity index (χ3n) is 8.93. The molecule has 2 saturated heterocycles. The van der Waals surface area contributed by atoms with Crippen molar-refractivity contribution in [2.24, 2.45) is 0 Å². The highest BCUT2D eigenvalue weighted by atomic mass is 16.5. The van der Waals surface area contributed by atoms with E-state index in [1.165, 1.54) is 6.08 Å². The van der Waals surface area contributed by atoms with Gasteiger partial charge in [0.25, 0.3) is 0 Å². The molecule has 2 aromatic heterocycles. The van der Waals surface area contributed by atoms with E-state index in [-0.39, 0.29) is 18.5 Å². The van der Waals surface area contributed by atoms with Crippen LogP contribution in [0.25, 0.3) is 15.6 Å². The maximum Gasteiger partial charge on any atom is 0.318 e. The van der Waals surface area contributed by atoms with Crippen molar-refractivity contribution in [1.82, 2.24) is 24.8 Å². The number of likely N-dealkylation sites (N-methyl/N-ethyl adjacent to an activating group) is 1. The average molecular weight is 583 g/mol. The van der Waals surface area contributed by atoms with Gasteiger partial charge in [-0.3, -0.25) is 9.78 Å². The number of carbonyl (C=O) groups is 1. The van der Waals surface area contributed by atoms with Crippen molar-refractivity contribution in [3.8, 4) is 11.8 Å². The van der Waals surface area contributed by atoms with E-state index in [1.54, 1.807) is 12.0 Å². The number of rotatable bonds is 8. The number of methoxy groups -OCH3 is 1. The number of aromatic nitrogens is 3. The molecule has 1 amide bonds. The summed E-state index contributed by atoms with van der Waals surface area (Å²) in [5, 5.41) is 2.13. The van der Waals surface area contributed by atoms with E-state index in [2.05, 4.69) is 44.2 Å². The highest BCUT2D eigenvalue weighted by Gasteiger charge is 2.35. The number of nitrogens with zero attached hydrogens (tertiary/aromatic N) is 8. The molecule has 0 N–H and O–H groups in total. The minimum atomic E-state index is -0.240. The number of benzene rings is 1. The van der Waals surface area contributed by atoms with Crippen molar-refractivity contribution in [1.29, 1.82) is 0 Å². The van der Waals surface area contributed by atoms with Crippen LogP contribution in [0.3, 0.4) is 0 Å². The predicted octanol–water partition coefficient (Wildman–Crippen LogP) is 3.19. The number of anilines is 2. The number of fused-ring (bicyclic) bond motifs is 2. The number of amides is 1. The summed E-state index contributed by atoms with van der Waals surface area (Å²) in [4.78, 5) is 39.2. The molecule has 1 aromatic carbocycles. The Morgan fingerprint density at radius 3 is 2.81 bits per heavy atom. The molecule has 6 rings (SSSR count). The molecular weight excluding hydrogens is 544 g/mol. The summed E-state index contributed by atoms with van der Waals surface area (Å²) in [7, 11) is 3.81. The van der Waals surface area contributed by atoms with Gasteiger partial charge < -0.3 is 33.9 Å². The molecule has 0 unspecified atom stereocenters. The maximum absolute atomic E-state index is 12.5. The van der Waals surface area contributed by atoms with Crippen molar-refractivity contribution in [3.63, 3.8) is 0 Å². The molecule has 224 valence electrons. The smallest absolute Gasteiger partial charge is 0.318 e. The van der Waals surface area contributed by atoms with Gasteiger partial charge in [0, 0.05) is 54.8 Å². The Morgan fingerprint density at radius 2 is 2.05 bits per heavy atom. The second-order valence-corrected chi connectivity index (χ2v) is 11.4. The van der Waals surface area contributed by atoms with Gasteiger partial charge in [-0.05, 0) is 57.1 Å². The molecule has 0 bridgehead atoms. The van der Waals surface area contributed by atoms with Crippen molar-refractivity contribution in [2.75, 3.05) is 69.8 Å². The molecule has 11 heteroatoms. The fraction of sp³-hybridized carbons (Fsp3) is 0.469. The number of pyridine rings is 1. The monoisotopic (exact) mass is 582 g/mol. The number of carbonyl (C=O) groups excluding carboxylic acids is 1. The van der Waals surface area contributed by atoms with Crippen LogP contribution in [0.15, 0.2) is 43.2 Å². The quantitative estimate of drug-likeness (QED) is 0.293. The number of piperazine rings is 1.